The van der Waals surface area contributed by atoms with Gasteiger partial charge in [0.25, 0.3) is 5.56 Å². The van der Waals surface area contributed by atoms with Crippen LogP contribution in [0.1, 0.15) is 39.3 Å². The van der Waals surface area contributed by atoms with Crippen molar-refractivity contribution in [1.29, 1.82) is 0 Å². The molecule has 0 amide bonds. The van der Waals surface area contributed by atoms with E-state index in [0.29, 0.717) is 22.9 Å². The highest BCUT2D eigenvalue weighted by Gasteiger charge is 2.22. The Bertz CT molecular complexity index is 1480. The Hall–Kier alpha value is -3.98. The van der Waals surface area contributed by atoms with Crippen molar-refractivity contribution in [3.8, 4) is 11.3 Å². The number of rotatable bonds is 5. The molecule has 37 heavy (non-hydrogen) atoms. The summed E-state index contributed by atoms with van der Waals surface area (Å²) in [6.07, 6.45) is 4.75. The minimum absolute atomic E-state index is 0.198. The molecule has 0 unspecified atom stereocenters. The monoisotopic (exact) mass is 501 g/mol. The first kappa shape index (κ1) is 24.7. The maximum atomic E-state index is 13.1. The van der Waals surface area contributed by atoms with Crippen LogP contribution < -0.4 is 10.9 Å². The standard InChI is InChI=1S/C28H31N5O4/c1-28(2,3)37-27(35)33-22(16-20-6-4-5-7-24(20)33)18-32-13-9-19(17-25(32)34)23-8-12-29-26(31-23)30-21-10-14-36-15-11-21/h4-9,12-13,16-17,21H,10-11,14-15,18H2,1-3H3,(H,29,30,31). The fraction of sp³-hybridized carbons (Fsp3) is 0.357. The van der Waals surface area contributed by atoms with E-state index in [4.69, 9.17) is 9.47 Å². The lowest BCUT2D eigenvalue weighted by Gasteiger charge is -2.23. The van der Waals surface area contributed by atoms with Crippen molar-refractivity contribution in [2.45, 2.75) is 51.8 Å². The van der Waals surface area contributed by atoms with Gasteiger partial charge in [-0.2, -0.15) is 0 Å². The first-order valence-corrected chi connectivity index (χ1v) is 12.5. The third-order valence-electron chi connectivity index (χ3n) is 6.20. The lowest BCUT2D eigenvalue weighted by molar-refractivity contribution is 0.0540. The van der Waals surface area contributed by atoms with Gasteiger partial charge in [-0.3, -0.25) is 4.79 Å². The second-order valence-corrected chi connectivity index (χ2v) is 10.2. The Morgan fingerprint density at radius 2 is 1.92 bits per heavy atom. The largest absolute Gasteiger partial charge is 0.443 e. The van der Waals surface area contributed by atoms with E-state index in [2.05, 4.69) is 15.3 Å². The summed E-state index contributed by atoms with van der Waals surface area (Å²) in [5, 5.41) is 4.26. The molecule has 0 bridgehead atoms. The van der Waals surface area contributed by atoms with E-state index in [1.165, 1.54) is 0 Å². The number of fused-ring (bicyclic) bond motifs is 1. The number of nitrogens with zero attached hydrogens (tertiary/aromatic N) is 4. The van der Waals surface area contributed by atoms with Gasteiger partial charge in [0.2, 0.25) is 5.95 Å². The first-order chi connectivity index (χ1) is 17.8. The number of ether oxygens (including phenoxy) is 2. The number of aromatic nitrogens is 4. The summed E-state index contributed by atoms with van der Waals surface area (Å²) >= 11 is 0. The zero-order valence-corrected chi connectivity index (χ0v) is 21.3. The number of carbonyl (C=O) groups is 1. The van der Waals surface area contributed by atoms with Crippen LogP contribution in [0.4, 0.5) is 10.7 Å². The van der Waals surface area contributed by atoms with Crippen LogP contribution in [-0.2, 0) is 16.0 Å². The molecule has 0 saturated carbocycles. The molecule has 3 aromatic heterocycles. The number of nitrogens with one attached hydrogen (secondary N) is 1. The predicted octanol–water partition coefficient (Wildman–Crippen LogP) is 4.68. The van der Waals surface area contributed by atoms with E-state index in [1.54, 1.807) is 33.7 Å². The second-order valence-electron chi connectivity index (χ2n) is 10.2. The lowest BCUT2D eigenvalue weighted by atomic mass is 10.1. The molecule has 9 nitrogen and oxygen atoms in total. The molecule has 4 aromatic rings. The topological polar surface area (TPSA) is 100 Å². The van der Waals surface area contributed by atoms with Crippen LogP contribution in [0.5, 0.6) is 0 Å². The number of pyridine rings is 1. The van der Waals surface area contributed by atoms with E-state index >= 15 is 0 Å². The number of hydrogen-bond acceptors (Lipinski definition) is 7. The van der Waals surface area contributed by atoms with Gasteiger partial charge in [0.05, 0.1) is 17.8 Å². The summed E-state index contributed by atoms with van der Waals surface area (Å²) in [6.45, 7) is 7.16. The van der Waals surface area contributed by atoms with Crippen LogP contribution in [0.3, 0.4) is 0 Å². The van der Waals surface area contributed by atoms with Gasteiger partial charge in [0.15, 0.2) is 0 Å². The highest BCUT2D eigenvalue weighted by molar-refractivity contribution is 5.91. The second kappa shape index (κ2) is 10.2. The Morgan fingerprint density at radius 1 is 1.14 bits per heavy atom. The van der Waals surface area contributed by atoms with Gasteiger partial charge in [0.1, 0.15) is 5.60 Å². The van der Waals surface area contributed by atoms with Gasteiger partial charge in [-0.25, -0.2) is 19.3 Å². The fourth-order valence-corrected chi connectivity index (χ4v) is 4.44. The minimum Gasteiger partial charge on any atom is -0.443 e. The van der Waals surface area contributed by atoms with Crippen molar-refractivity contribution in [3.05, 3.63) is 77.0 Å². The van der Waals surface area contributed by atoms with Crippen LogP contribution in [0.15, 0.2) is 65.7 Å². The van der Waals surface area contributed by atoms with Crippen LogP contribution in [-0.4, -0.2) is 50.1 Å². The van der Waals surface area contributed by atoms with Crippen molar-refractivity contribution in [1.82, 2.24) is 19.1 Å². The van der Waals surface area contributed by atoms with Crippen LogP contribution in [0.25, 0.3) is 22.2 Å². The zero-order chi connectivity index (χ0) is 26.0. The van der Waals surface area contributed by atoms with E-state index in [-0.39, 0.29) is 18.1 Å². The lowest BCUT2D eigenvalue weighted by Crippen LogP contribution is -2.29. The van der Waals surface area contributed by atoms with E-state index in [9.17, 15) is 9.59 Å². The normalized spacial score (nSPS) is 14.6. The van der Waals surface area contributed by atoms with Crippen molar-refractivity contribution < 1.29 is 14.3 Å². The third kappa shape index (κ3) is 5.72. The minimum atomic E-state index is -0.645. The summed E-state index contributed by atoms with van der Waals surface area (Å²) in [5.41, 5.74) is 1.92. The quantitative estimate of drug-likeness (QED) is 0.424. The molecule has 9 heteroatoms. The molecule has 1 fully saturated rings. The van der Waals surface area contributed by atoms with E-state index < -0.39 is 11.7 Å². The number of anilines is 1. The molecule has 5 rings (SSSR count). The molecule has 0 aliphatic carbocycles. The maximum Gasteiger partial charge on any atom is 0.419 e. The number of carbonyl (C=O) groups excluding carboxylic acids is 1. The highest BCUT2D eigenvalue weighted by atomic mass is 16.6. The summed E-state index contributed by atoms with van der Waals surface area (Å²) in [4.78, 5) is 35.1. The van der Waals surface area contributed by atoms with Crippen molar-refractivity contribution in [2.75, 3.05) is 18.5 Å². The molecule has 1 aliphatic rings. The summed E-state index contributed by atoms with van der Waals surface area (Å²) in [7, 11) is 0. The molecule has 1 aromatic carbocycles. The van der Waals surface area contributed by atoms with Crippen LogP contribution in [0, 0.1) is 0 Å². The summed E-state index contributed by atoms with van der Waals surface area (Å²) in [5.74, 6) is 0.537. The van der Waals surface area contributed by atoms with Gasteiger partial charge in [-0.05, 0) is 57.9 Å². The number of hydrogen-bond donors (Lipinski definition) is 1. The zero-order valence-electron chi connectivity index (χ0n) is 21.3. The van der Waals surface area contributed by atoms with Crippen LogP contribution in [0.2, 0.25) is 0 Å². The van der Waals surface area contributed by atoms with Crippen molar-refractivity contribution in [2.24, 2.45) is 0 Å². The van der Waals surface area contributed by atoms with E-state index in [1.807, 2.05) is 57.2 Å². The predicted molar refractivity (Wildman–Crippen MR) is 142 cm³/mol. The molecule has 0 radical (unpaired) electrons. The molecule has 1 saturated heterocycles. The molecule has 1 N–H and O–H groups in total. The third-order valence-corrected chi connectivity index (χ3v) is 6.20. The molecule has 0 atom stereocenters. The smallest absolute Gasteiger partial charge is 0.419 e. The molecule has 0 spiro atoms. The van der Waals surface area contributed by atoms with E-state index in [0.717, 1.165) is 37.0 Å². The Morgan fingerprint density at radius 3 is 2.68 bits per heavy atom. The van der Waals surface area contributed by atoms with Gasteiger partial charge in [-0.1, -0.05) is 18.2 Å². The van der Waals surface area contributed by atoms with Gasteiger partial charge < -0.3 is 19.4 Å². The number of para-hydroxylation sites is 1. The fourth-order valence-electron chi connectivity index (χ4n) is 4.44. The Kier molecular flexibility index (Phi) is 6.80. The average Bonchev–Trinajstić information content (AvgIpc) is 3.23. The molecule has 192 valence electrons. The Labute approximate surface area is 215 Å². The molecular weight excluding hydrogens is 470 g/mol. The van der Waals surface area contributed by atoms with Gasteiger partial charge in [0, 0.05) is 54.4 Å². The Balaban J connectivity index is 1.41. The molecular formula is C28H31N5O4. The SMILES string of the molecule is CC(C)(C)OC(=O)n1c(Cn2ccc(-c3ccnc(NC4CCOCC4)n3)cc2=O)cc2ccccc21. The highest BCUT2D eigenvalue weighted by Crippen LogP contribution is 2.23. The molecule has 4 heterocycles. The maximum absolute atomic E-state index is 13.1. The van der Waals surface area contributed by atoms with Crippen molar-refractivity contribution in [3.63, 3.8) is 0 Å². The van der Waals surface area contributed by atoms with Crippen molar-refractivity contribution >= 4 is 22.9 Å². The van der Waals surface area contributed by atoms with Gasteiger partial charge >= 0.3 is 6.09 Å². The first-order valence-electron chi connectivity index (χ1n) is 12.5. The average molecular weight is 502 g/mol. The molecule has 1 aliphatic heterocycles. The summed E-state index contributed by atoms with van der Waals surface area (Å²) in [6, 6.07) is 15.0. The van der Waals surface area contributed by atoms with Crippen LogP contribution >= 0.6 is 0 Å². The summed E-state index contributed by atoms with van der Waals surface area (Å²) < 4.78 is 14.2. The van der Waals surface area contributed by atoms with Gasteiger partial charge in [-0.15, -0.1) is 0 Å². The number of benzene rings is 1.